The van der Waals surface area contributed by atoms with Gasteiger partial charge in [-0.3, -0.25) is 19.0 Å². The largest absolute Gasteiger partial charge is 0.494 e. The Morgan fingerprint density at radius 3 is 2.35 bits per heavy atom. The molecule has 55 heavy (non-hydrogen) atoms. The lowest BCUT2D eigenvalue weighted by atomic mass is 10.0. The summed E-state index contributed by atoms with van der Waals surface area (Å²) in [6.45, 7) is 10.1. The molecule has 4 rings (SSSR count). The summed E-state index contributed by atoms with van der Waals surface area (Å²) in [7, 11) is 0. The van der Waals surface area contributed by atoms with Gasteiger partial charge < -0.3 is 51.7 Å². The van der Waals surface area contributed by atoms with Gasteiger partial charge >= 0.3 is 0 Å². The number of carbonyl (C=O) groups is 2. The van der Waals surface area contributed by atoms with Crippen LogP contribution in [0.4, 0.5) is 5.69 Å². The highest BCUT2D eigenvalue weighted by Gasteiger charge is 2.30. The first-order valence-electron chi connectivity index (χ1n) is 18.8. The number of H-pyrrole nitrogens is 2. The van der Waals surface area contributed by atoms with E-state index in [2.05, 4.69) is 39.8 Å². The van der Waals surface area contributed by atoms with Crippen molar-refractivity contribution in [3.63, 3.8) is 0 Å². The first-order valence-corrected chi connectivity index (χ1v) is 18.8. The van der Waals surface area contributed by atoms with Crippen molar-refractivity contribution in [1.29, 1.82) is 0 Å². The van der Waals surface area contributed by atoms with Gasteiger partial charge in [0.05, 0.1) is 11.3 Å². The number of aliphatic hydroxyl groups excluding tert-OH is 1. The molecule has 0 spiro atoms. The number of hydrogen-bond donors (Lipinski definition) is 9. The Balaban J connectivity index is 1.84. The van der Waals surface area contributed by atoms with Gasteiger partial charge in [0.15, 0.2) is 5.88 Å². The van der Waals surface area contributed by atoms with Gasteiger partial charge in [0.25, 0.3) is 5.56 Å². The molecule has 2 aromatic heterocycles. The van der Waals surface area contributed by atoms with Crippen molar-refractivity contribution in [2.45, 2.75) is 97.2 Å². The van der Waals surface area contributed by atoms with Crippen molar-refractivity contribution >= 4 is 28.4 Å². The second-order valence-electron chi connectivity index (χ2n) is 15.0. The molecule has 4 aromatic rings. The van der Waals surface area contributed by atoms with Gasteiger partial charge in [0.1, 0.15) is 17.8 Å². The minimum absolute atomic E-state index is 0.00486. The Labute approximate surface area is 321 Å². The summed E-state index contributed by atoms with van der Waals surface area (Å²) in [4.78, 5) is 47.9. The van der Waals surface area contributed by atoms with Crippen molar-refractivity contribution in [1.82, 2.24) is 25.2 Å². The van der Waals surface area contributed by atoms with Crippen LogP contribution in [0.25, 0.3) is 10.9 Å². The summed E-state index contributed by atoms with van der Waals surface area (Å²) in [6, 6.07) is 16.8. The first-order chi connectivity index (χ1) is 26.2. The van der Waals surface area contributed by atoms with E-state index in [1.165, 1.54) is 6.07 Å². The van der Waals surface area contributed by atoms with Crippen LogP contribution in [0.2, 0.25) is 0 Å². The van der Waals surface area contributed by atoms with Gasteiger partial charge in [-0.15, -0.1) is 0 Å². The van der Waals surface area contributed by atoms with E-state index in [1.807, 2.05) is 36.5 Å². The second kappa shape index (κ2) is 19.9. The standard InChI is InChI=1S/C41H57N7O7/c1-26(2)20-22-43-36(50)32(24-28-25-44-30-16-10-9-15-29(28)30)45-38(52)34(17-11-12-21-42)48-35(49)19-18-31(47-40(54)55-41(3,4)5)37(51)46-33(39(48)53)23-27-13-7-6-8-14-27/h6-10,13-16,18-19,25-26,32,34,40,44,47,49,53-54H,11-12,17,20-24,42H2,1-5H3,(H,43,50)(H,45,52)(H,46,51)/t32-,34-,40?/m0/s1. The number of nitrogens with one attached hydrogen (secondary N) is 5. The van der Waals surface area contributed by atoms with E-state index in [0.29, 0.717) is 37.4 Å². The smallest absolute Gasteiger partial charge is 0.271 e. The molecule has 2 aromatic carbocycles. The summed E-state index contributed by atoms with van der Waals surface area (Å²) in [5, 5.41) is 43.7. The molecule has 0 saturated heterocycles. The molecule has 298 valence electrons. The van der Waals surface area contributed by atoms with E-state index in [4.69, 9.17) is 10.5 Å². The quantitative estimate of drug-likeness (QED) is 0.0500. The maximum Gasteiger partial charge on any atom is 0.271 e. The molecule has 14 nitrogen and oxygen atoms in total. The summed E-state index contributed by atoms with van der Waals surface area (Å²) in [6.07, 6.45) is 2.19. The Morgan fingerprint density at radius 2 is 1.65 bits per heavy atom. The Hall–Kier alpha value is -5.31. The van der Waals surface area contributed by atoms with E-state index >= 15 is 0 Å². The number of aromatic hydroxyl groups is 2. The maximum absolute atomic E-state index is 14.6. The van der Waals surface area contributed by atoms with Crippen molar-refractivity contribution in [2.75, 3.05) is 18.4 Å². The summed E-state index contributed by atoms with van der Waals surface area (Å²) < 4.78 is 6.58. The highest BCUT2D eigenvalue weighted by Crippen LogP contribution is 2.30. The van der Waals surface area contributed by atoms with Gasteiger partial charge in [-0.1, -0.05) is 62.4 Å². The predicted octanol–water partition coefficient (Wildman–Crippen LogP) is 4.85. The zero-order valence-electron chi connectivity index (χ0n) is 32.4. The fourth-order valence-corrected chi connectivity index (χ4v) is 6.13. The normalized spacial score (nSPS) is 13.2. The van der Waals surface area contributed by atoms with Gasteiger partial charge in [-0.2, -0.15) is 0 Å². The molecule has 2 amide bonds. The summed E-state index contributed by atoms with van der Waals surface area (Å²) in [5.74, 6) is -1.84. The number of amides is 2. The molecule has 0 bridgehead atoms. The number of rotatable bonds is 18. The van der Waals surface area contributed by atoms with Gasteiger partial charge in [-0.05, 0) is 82.2 Å². The number of anilines is 1. The molecule has 10 N–H and O–H groups in total. The van der Waals surface area contributed by atoms with E-state index < -0.39 is 47.3 Å². The number of ether oxygens (including phenoxy) is 1. The number of benzene rings is 2. The third-order valence-corrected chi connectivity index (χ3v) is 8.92. The monoisotopic (exact) mass is 759 g/mol. The van der Waals surface area contributed by atoms with Crippen LogP contribution in [-0.4, -0.2) is 72.8 Å². The molecule has 1 unspecified atom stereocenters. The van der Waals surface area contributed by atoms with E-state index in [1.54, 1.807) is 45.0 Å². The van der Waals surface area contributed by atoms with Crippen molar-refractivity contribution in [2.24, 2.45) is 11.7 Å². The van der Waals surface area contributed by atoms with Crippen LogP contribution in [0.15, 0.2) is 77.7 Å². The number of unbranched alkanes of at least 4 members (excludes halogenated alkanes) is 1. The van der Waals surface area contributed by atoms with Crippen LogP contribution in [0.3, 0.4) is 0 Å². The highest BCUT2D eigenvalue weighted by atomic mass is 16.6. The van der Waals surface area contributed by atoms with Gasteiger partial charge in [-0.25, -0.2) is 0 Å². The molecule has 0 radical (unpaired) electrons. The average molecular weight is 760 g/mol. The molecule has 14 heteroatoms. The van der Waals surface area contributed by atoms with E-state index in [-0.39, 0.29) is 36.6 Å². The average Bonchev–Trinajstić information content (AvgIpc) is 3.54. The molecule has 0 fully saturated rings. The molecule has 0 aliphatic rings. The van der Waals surface area contributed by atoms with Gasteiger partial charge in [0.2, 0.25) is 24.1 Å². The lowest BCUT2D eigenvalue weighted by Crippen LogP contribution is -2.50. The zero-order valence-corrected chi connectivity index (χ0v) is 32.4. The van der Waals surface area contributed by atoms with E-state index in [9.17, 15) is 29.7 Å². The highest BCUT2D eigenvalue weighted by molar-refractivity contribution is 5.91. The van der Waals surface area contributed by atoms with E-state index in [0.717, 1.165) is 33.5 Å². The minimum atomic E-state index is -1.60. The minimum Gasteiger partial charge on any atom is -0.494 e. The molecular weight excluding hydrogens is 702 g/mol. The zero-order chi connectivity index (χ0) is 40.1. The Kier molecular flexibility index (Phi) is 15.3. The molecule has 2 heterocycles. The number of carbonyl (C=O) groups excluding carboxylic acids is 2. The number of nitrogens with zero attached hydrogens (tertiary/aromatic N) is 1. The molecule has 0 aliphatic carbocycles. The Morgan fingerprint density at radius 1 is 0.945 bits per heavy atom. The van der Waals surface area contributed by atoms with Crippen LogP contribution in [0.5, 0.6) is 11.8 Å². The Bertz CT molecular complexity index is 1980. The number of aromatic nitrogens is 3. The number of nitrogens with two attached hydrogens (primary N) is 1. The maximum atomic E-state index is 14.6. The van der Waals surface area contributed by atoms with Crippen molar-refractivity contribution in [3.8, 4) is 11.8 Å². The molecular formula is C41H57N7O7. The fourth-order valence-electron chi connectivity index (χ4n) is 6.13. The van der Waals surface area contributed by atoms with Crippen LogP contribution >= 0.6 is 0 Å². The lowest BCUT2D eigenvalue weighted by Gasteiger charge is -2.26. The predicted molar refractivity (Wildman–Crippen MR) is 214 cm³/mol. The van der Waals surface area contributed by atoms with Crippen LogP contribution in [0, 0.1) is 5.92 Å². The van der Waals surface area contributed by atoms with Gasteiger partial charge in [0, 0.05) is 42.6 Å². The molecule has 0 saturated carbocycles. The first kappa shape index (κ1) is 42.4. The topological polar surface area (TPSA) is 220 Å². The van der Waals surface area contributed by atoms with Crippen molar-refractivity contribution in [3.05, 3.63) is 100 Å². The number of para-hydroxylation sites is 1. The number of fused-ring (bicyclic) bond motifs is 1. The SMILES string of the molecule is CC(C)CCNC(=O)[C@H](Cc1c[nH]c2ccccc12)NC(=O)[C@H](CCCCN)n1c(O)ccc(NC(O)OC(C)(C)C)c(=O)[nH]c(Cc2ccccc2)c1O. The van der Waals surface area contributed by atoms with Crippen LogP contribution < -0.4 is 27.2 Å². The molecule has 0 aliphatic heterocycles. The number of aliphatic hydroxyl groups is 1. The third kappa shape index (κ3) is 12.6. The van der Waals surface area contributed by atoms with Crippen LogP contribution in [-0.2, 0) is 27.2 Å². The second-order valence-corrected chi connectivity index (χ2v) is 15.0. The summed E-state index contributed by atoms with van der Waals surface area (Å²) in [5.41, 5.74) is 6.51. The summed E-state index contributed by atoms with van der Waals surface area (Å²) >= 11 is 0. The van der Waals surface area contributed by atoms with Crippen LogP contribution in [0.1, 0.15) is 83.2 Å². The fraction of sp³-hybridized carbons (Fsp3) is 0.439. The molecule has 3 atom stereocenters. The third-order valence-electron chi connectivity index (χ3n) is 8.92. The number of aromatic amines is 2. The number of hydrogen-bond acceptors (Lipinski definition) is 9. The lowest BCUT2D eigenvalue weighted by molar-refractivity contribution is -0.148. The van der Waals surface area contributed by atoms with Crippen molar-refractivity contribution < 1.29 is 29.6 Å².